The molecule has 2 aliphatic rings. The summed E-state index contributed by atoms with van der Waals surface area (Å²) in [5.41, 5.74) is 0. The maximum Gasteiger partial charge on any atom is 0.211 e. The highest BCUT2D eigenvalue weighted by atomic mass is 32.2. The molecule has 4 nitrogen and oxygen atoms in total. The zero-order valence-electron chi connectivity index (χ0n) is 12.8. The van der Waals surface area contributed by atoms with E-state index in [1.165, 1.54) is 44.8 Å². The highest BCUT2D eigenvalue weighted by Crippen LogP contribution is 2.28. The minimum Gasteiger partial charge on any atom is -0.316 e. The SMILES string of the molecule is CS(=O)(=O)N1CCCC(CNCCCC2CCCC2)C1. The first kappa shape index (κ1) is 16.2. The molecule has 20 heavy (non-hydrogen) atoms. The van der Waals surface area contributed by atoms with E-state index in [0.717, 1.165) is 31.8 Å². The van der Waals surface area contributed by atoms with Crippen molar-refractivity contribution >= 4 is 10.0 Å². The van der Waals surface area contributed by atoms with E-state index in [1.54, 1.807) is 4.31 Å². The summed E-state index contributed by atoms with van der Waals surface area (Å²) in [7, 11) is -3.00. The van der Waals surface area contributed by atoms with E-state index in [2.05, 4.69) is 5.32 Å². The van der Waals surface area contributed by atoms with Crippen LogP contribution in [0.4, 0.5) is 0 Å². The van der Waals surface area contributed by atoms with Crippen LogP contribution in [-0.2, 0) is 10.0 Å². The van der Waals surface area contributed by atoms with Crippen LogP contribution in [-0.4, -0.2) is 45.2 Å². The standard InChI is InChI=1S/C15H30N2O2S/c1-20(18,19)17-11-5-9-15(13-17)12-16-10-4-8-14-6-2-3-7-14/h14-16H,2-13H2,1H3. The van der Waals surface area contributed by atoms with E-state index >= 15 is 0 Å². The molecule has 0 bridgehead atoms. The molecule has 1 N–H and O–H groups in total. The maximum atomic E-state index is 11.6. The summed E-state index contributed by atoms with van der Waals surface area (Å²) in [5.74, 6) is 1.47. The van der Waals surface area contributed by atoms with E-state index < -0.39 is 10.0 Å². The van der Waals surface area contributed by atoms with Crippen molar-refractivity contribution in [1.82, 2.24) is 9.62 Å². The monoisotopic (exact) mass is 302 g/mol. The highest BCUT2D eigenvalue weighted by molar-refractivity contribution is 7.88. The molecule has 1 atom stereocenters. The lowest BCUT2D eigenvalue weighted by Gasteiger charge is -2.31. The zero-order chi connectivity index (χ0) is 14.4. The fraction of sp³-hybridized carbons (Fsp3) is 1.00. The Hall–Kier alpha value is -0.130. The quantitative estimate of drug-likeness (QED) is 0.734. The number of hydrogen-bond donors (Lipinski definition) is 1. The molecule has 1 aliphatic carbocycles. The third-order valence-corrected chi connectivity index (χ3v) is 6.09. The van der Waals surface area contributed by atoms with Gasteiger partial charge in [-0.15, -0.1) is 0 Å². The molecule has 2 fully saturated rings. The van der Waals surface area contributed by atoms with Crippen LogP contribution in [0.15, 0.2) is 0 Å². The van der Waals surface area contributed by atoms with Gasteiger partial charge in [-0.25, -0.2) is 12.7 Å². The van der Waals surface area contributed by atoms with Gasteiger partial charge in [-0.1, -0.05) is 25.7 Å². The van der Waals surface area contributed by atoms with Crippen molar-refractivity contribution in [1.29, 1.82) is 0 Å². The summed E-state index contributed by atoms with van der Waals surface area (Å²) in [5, 5.41) is 3.53. The molecule has 5 heteroatoms. The van der Waals surface area contributed by atoms with Crippen LogP contribution in [0.2, 0.25) is 0 Å². The van der Waals surface area contributed by atoms with E-state index in [0.29, 0.717) is 19.0 Å². The Morgan fingerprint density at radius 3 is 2.50 bits per heavy atom. The highest BCUT2D eigenvalue weighted by Gasteiger charge is 2.25. The van der Waals surface area contributed by atoms with Gasteiger partial charge in [-0.2, -0.15) is 0 Å². The molecule has 1 unspecified atom stereocenters. The van der Waals surface area contributed by atoms with Crippen LogP contribution in [0.1, 0.15) is 51.4 Å². The Labute approximate surface area is 124 Å². The summed E-state index contributed by atoms with van der Waals surface area (Å²) in [4.78, 5) is 0. The summed E-state index contributed by atoms with van der Waals surface area (Å²) in [6, 6.07) is 0. The molecule has 0 aromatic heterocycles. The Balaban J connectivity index is 1.57. The number of sulfonamides is 1. The van der Waals surface area contributed by atoms with Gasteiger partial charge in [0.2, 0.25) is 10.0 Å². The van der Waals surface area contributed by atoms with Gasteiger partial charge in [-0.3, -0.25) is 0 Å². The van der Waals surface area contributed by atoms with Crippen molar-refractivity contribution in [2.45, 2.75) is 51.4 Å². The number of nitrogens with zero attached hydrogens (tertiary/aromatic N) is 1. The van der Waals surface area contributed by atoms with Crippen molar-refractivity contribution in [3.63, 3.8) is 0 Å². The third-order valence-electron chi connectivity index (χ3n) is 4.82. The maximum absolute atomic E-state index is 11.6. The third kappa shape index (κ3) is 5.34. The van der Waals surface area contributed by atoms with E-state index in [4.69, 9.17) is 0 Å². The van der Waals surface area contributed by atoms with Crippen molar-refractivity contribution in [3.8, 4) is 0 Å². The van der Waals surface area contributed by atoms with E-state index in [1.807, 2.05) is 0 Å². The van der Waals surface area contributed by atoms with Gasteiger partial charge in [0.05, 0.1) is 6.26 Å². The topological polar surface area (TPSA) is 49.4 Å². The number of piperidine rings is 1. The van der Waals surface area contributed by atoms with Crippen molar-refractivity contribution < 1.29 is 8.42 Å². The molecule has 0 aromatic carbocycles. The molecule has 118 valence electrons. The minimum absolute atomic E-state index is 0.491. The Morgan fingerprint density at radius 2 is 1.80 bits per heavy atom. The molecule has 1 saturated heterocycles. The number of hydrogen-bond acceptors (Lipinski definition) is 3. The molecule has 0 amide bonds. The average Bonchev–Trinajstić information content (AvgIpc) is 2.91. The van der Waals surface area contributed by atoms with Crippen LogP contribution in [0.5, 0.6) is 0 Å². The minimum atomic E-state index is -3.00. The van der Waals surface area contributed by atoms with Gasteiger partial charge in [-0.05, 0) is 50.6 Å². The van der Waals surface area contributed by atoms with Gasteiger partial charge in [0.15, 0.2) is 0 Å². The lowest BCUT2D eigenvalue weighted by molar-refractivity contribution is 0.261. The smallest absolute Gasteiger partial charge is 0.211 e. The fourth-order valence-electron chi connectivity index (χ4n) is 3.62. The Bertz CT molecular complexity index is 377. The first-order chi connectivity index (χ1) is 9.55. The first-order valence-electron chi connectivity index (χ1n) is 8.21. The van der Waals surface area contributed by atoms with Gasteiger partial charge >= 0.3 is 0 Å². The Morgan fingerprint density at radius 1 is 1.10 bits per heavy atom. The van der Waals surface area contributed by atoms with Crippen LogP contribution in [0.3, 0.4) is 0 Å². The van der Waals surface area contributed by atoms with Crippen LogP contribution in [0.25, 0.3) is 0 Å². The fourth-order valence-corrected chi connectivity index (χ4v) is 4.56. The molecule has 0 spiro atoms. The Kier molecular flexibility index (Phi) is 6.30. The van der Waals surface area contributed by atoms with Crippen LogP contribution in [0, 0.1) is 11.8 Å². The van der Waals surface area contributed by atoms with Crippen LogP contribution >= 0.6 is 0 Å². The van der Waals surface area contributed by atoms with E-state index in [9.17, 15) is 8.42 Å². The second-order valence-electron chi connectivity index (χ2n) is 6.63. The van der Waals surface area contributed by atoms with Crippen molar-refractivity contribution in [2.24, 2.45) is 11.8 Å². The average molecular weight is 302 g/mol. The summed E-state index contributed by atoms with van der Waals surface area (Å²) in [6.45, 7) is 3.47. The molecule has 1 saturated carbocycles. The first-order valence-corrected chi connectivity index (χ1v) is 10.1. The summed E-state index contributed by atoms with van der Waals surface area (Å²) >= 11 is 0. The van der Waals surface area contributed by atoms with Crippen LogP contribution < -0.4 is 5.32 Å². The normalized spacial score (nSPS) is 26.1. The second kappa shape index (κ2) is 7.76. The van der Waals surface area contributed by atoms with Crippen molar-refractivity contribution in [3.05, 3.63) is 0 Å². The predicted octanol–water partition coefficient (Wildman–Crippen LogP) is 2.22. The van der Waals surface area contributed by atoms with Gasteiger partial charge in [0, 0.05) is 13.1 Å². The second-order valence-corrected chi connectivity index (χ2v) is 8.61. The molecule has 1 heterocycles. The number of rotatable bonds is 7. The summed E-state index contributed by atoms with van der Waals surface area (Å²) in [6.07, 6.45) is 11.9. The number of nitrogens with one attached hydrogen (secondary N) is 1. The lowest BCUT2D eigenvalue weighted by Crippen LogP contribution is -2.42. The van der Waals surface area contributed by atoms with Gasteiger partial charge in [0.25, 0.3) is 0 Å². The van der Waals surface area contributed by atoms with Gasteiger partial charge < -0.3 is 5.32 Å². The molecule has 0 aromatic rings. The zero-order valence-corrected chi connectivity index (χ0v) is 13.6. The molecule has 0 radical (unpaired) electrons. The molecular formula is C15H30N2O2S. The lowest BCUT2D eigenvalue weighted by atomic mass is 9.99. The van der Waals surface area contributed by atoms with Crippen molar-refractivity contribution in [2.75, 3.05) is 32.4 Å². The molecular weight excluding hydrogens is 272 g/mol. The van der Waals surface area contributed by atoms with Gasteiger partial charge in [0.1, 0.15) is 0 Å². The largest absolute Gasteiger partial charge is 0.316 e. The van der Waals surface area contributed by atoms with E-state index in [-0.39, 0.29) is 0 Å². The molecule has 1 aliphatic heterocycles. The molecule has 2 rings (SSSR count). The summed E-state index contributed by atoms with van der Waals surface area (Å²) < 4.78 is 24.8. The predicted molar refractivity (Wildman–Crippen MR) is 83.2 cm³/mol.